The Kier molecular flexibility index (Phi) is 9.24. The van der Waals surface area contributed by atoms with Gasteiger partial charge < -0.3 is 20.6 Å². The Morgan fingerprint density at radius 3 is 2.38 bits per heavy atom. The van der Waals surface area contributed by atoms with E-state index in [0.717, 1.165) is 17.2 Å². The van der Waals surface area contributed by atoms with Crippen LogP contribution in [-0.4, -0.2) is 62.0 Å². The van der Waals surface area contributed by atoms with E-state index in [9.17, 15) is 37.9 Å². The summed E-state index contributed by atoms with van der Waals surface area (Å²) >= 11 is 0. The van der Waals surface area contributed by atoms with Gasteiger partial charge in [0.15, 0.2) is 11.8 Å². The first kappa shape index (κ1) is 25.8. The lowest BCUT2D eigenvalue weighted by Gasteiger charge is -2.29. The third-order valence-electron chi connectivity index (χ3n) is 4.42. The highest BCUT2D eigenvalue weighted by atomic mass is 33.1. The molecule has 0 spiro atoms. The molecule has 1 unspecified atom stereocenters. The average Bonchev–Trinajstić information content (AvgIpc) is 3.06. The van der Waals surface area contributed by atoms with Crippen LogP contribution in [0.3, 0.4) is 0 Å². The molecule has 2 aromatic heterocycles. The topological polar surface area (TPSA) is 179 Å². The number of nitrogens with zero attached hydrogens (tertiary/aromatic N) is 2. The molecule has 1 atom stereocenters. The normalized spacial score (nSPS) is 13.4. The summed E-state index contributed by atoms with van der Waals surface area (Å²) in [7, 11) is -2.37. The maximum absolute atomic E-state index is 12.0. The lowest BCUT2D eigenvalue weighted by molar-refractivity contribution is -0.144. The first-order chi connectivity index (χ1) is 15.1. The number of aliphatic carboxylic acids is 1. The summed E-state index contributed by atoms with van der Waals surface area (Å²) in [4.78, 5) is 24.9. The molecule has 0 saturated carbocycles. The van der Waals surface area contributed by atoms with Gasteiger partial charge in [-0.15, -0.1) is 0 Å². The van der Waals surface area contributed by atoms with Gasteiger partial charge in [0, 0.05) is 37.0 Å². The molecule has 0 fully saturated rings. The van der Waals surface area contributed by atoms with E-state index in [0.29, 0.717) is 5.75 Å². The molecule has 0 bridgehead atoms. The SMILES string of the molecule is O=C(CCSSc1ccccn1)NCCCCC(C(=O)O)(n1c(O)ccc1O)S(=O)(=O)O. The Balaban J connectivity index is 1.83. The number of nitrogens with one attached hydrogen (secondary N) is 1. The van der Waals surface area contributed by atoms with Crippen LogP contribution >= 0.6 is 21.6 Å². The predicted octanol–water partition coefficient (Wildman–Crippen LogP) is 2.04. The molecule has 11 nitrogen and oxygen atoms in total. The van der Waals surface area contributed by atoms with Gasteiger partial charge in [-0.2, -0.15) is 8.42 Å². The lowest BCUT2D eigenvalue weighted by atomic mass is 10.1. The maximum atomic E-state index is 12.0. The Morgan fingerprint density at radius 1 is 1.12 bits per heavy atom. The van der Waals surface area contributed by atoms with Crippen LogP contribution in [-0.2, 0) is 24.6 Å². The van der Waals surface area contributed by atoms with Crippen LogP contribution in [0.2, 0.25) is 0 Å². The Morgan fingerprint density at radius 2 is 1.81 bits per heavy atom. The summed E-state index contributed by atoms with van der Waals surface area (Å²) < 4.78 is 33.8. The molecule has 0 saturated heterocycles. The van der Waals surface area contributed by atoms with Crippen LogP contribution < -0.4 is 5.32 Å². The zero-order valence-electron chi connectivity index (χ0n) is 16.7. The number of hydrogen-bond donors (Lipinski definition) is 5. The summed E-state index contributed by atoms with van der Waals surface area (Å²) in [5.41, 5.74) is 0. The standard InChI is InChI=1S/C18H23N3O8S3/c22-13(8-12-30-31-14-5-1-3-11-20-14)19-10-4-2-9-18(17(25)26,32(27,28)29)21-15(23)6-7-16(21)24/h1,3,5-7,11,23-24H,2,4,8-10,12H2,(H,19,22)(H,25,26)(H,27,28,29). The zero-order chi connectivity index (χ0) is 23.8. The number of aromatic hydroxyl groups is 2. The molecule has 14 heteroatoms. The monoisotopic (exact) mass is 505 g/mol. The van der Waals surface area contributed by atoms with Gasteiger partial charge >= 0.3 is 16.1 Å². The van der Waals surface area contributed by atoms with Crippen LogP contribution in [0.25, 0.3) is 0 Å². The Hall–Kier alpha value is -2.42. The minimum Gasteiger partial charge on any atom is -0.494 e. The number of amides is 1. The van der Waals surface area contributed by atoms with E-state index in [-0.39, 0.29) is 36.3 Å². The summed E-state index contributed by atoms with van der Waals surface area (Å²) in [5.74, 6) is -3.31. The van der Waals surface area contributed by atoms with Gasteiger partial charge in [-0.05, 0) is 42.2 Å². The lowest BCUT2D eigenvalue weighted by Crippen LogP contribution is -2.48. The molecule has 0 aliphatic heterocycles. The molecule has 1 amide bonds. The van der Waals surface area contributed by atoms with E-state index < -0.39 is 39.1 Å². The first-order valence-electron chi connectivity index (χ1n) is 9.37. The second kappa shape index (κ2) is 11.4. The molecule has 0 radical (unpaired) electrons. The fraction of sp³-hybridized carbons (Fsp3) is 0.389. The van der Waals surface area contributed by atoms with Crippen molar-refractivity contribution in [2.75, 3.05) is 12.3 Å². The minimum absolute atomic E-state index is 0.0479. The summed E-state index contributed by atoms with van der Waals surface area (Å²) in [6, 6.07) is 7.34. The second-order valence-corrected chi connectivity index (χ2v) is 10.6. The molecule has 176 valence electrons. The largest absolute Gasteiger partial charge is 0.494 e. The number of carbonyl (C=O) groups excluding carboxylic acids is 1. The van der Waals surface area contributed by atoms with Gasteiger partial charge in [0.25, 0.3) is 4.87 Å². The van der Waals surface area contributed by atoms with Crippen LogP contribution in [0, 0.1) is 0 Å². The quantitative estimate of drug-likeness (QED) is 0.153. The molecule has 0 aromatic carbocycles. The molecule has 5 N–H and O–H groups in total. The summed E-state index contributed by atoms with van der Waals surface area (Å²) in [6.07, 6.45) is 1.43. The van der Waals surface area contributed by atoms with Gasteiger partial charge in [-0.3, -0.25) is 13.9 Å². The average molecular weight is 506 g/mol. The van der Waals surface area contributed by atoms with Crippen molar-refractivity contribution in [1.82, 2.24) is 14.9 Å². The Labute approximate surface area is 192 Å². The predicted molar refractivity (Wildman–Crippen MR) is 119 cm³/mol. The van der Waals surface area contributed by atoms with Crippen LogP contribution in [0.5, 0.6) is 11.8 Å². The molecule has 2 aromatic rings. The van der Waals surface area contributed by atoms with E-state index >= 15 is 0 Å². The number of hydrogen-bond acceptors (Lipinski definition) is 9. The molecule has 2 rings (SSSR count). The van der Waals surface area contributed by atoms with E-state index in [1.165, 1.54) is 21.6 Å². The van der Waals surface area contributed by atoms with Crippen molar-refractivity contribution in [3.63, 3.8) is 0 Å². The number of carbonyl (C=O) groups is 2. The smallest absolute Gasteiger partial charge is 0.348 e. The number of aromatic nitrogens is 2. The summed E-state index contributed by atoms with van der Waals surface area (Å²) in [6.45, 7) is 0.154. The second-order valence-electron chi connectivity index (χ2n) is 6.58. The highest BCUT2D eigenvalue weighted by Crippen LogP contribution is 2.38. The van der Waals surface area contributed by atoms with Gasteiger partial charge in [0.05, 0.1) is 0 Å². The van der Waals surface area contributed by atoms with E-state index in [4.69, 9.17) is 0 Å². The third-order valence-corrected chi connectivity index (χ3v) is 8.10. The van der Waals surface area contributed by atoms with E-state index in [1.807, 2.05) is 18.2 Å². The van der Waals surface area contributed by atoms with Crippen molar-refractivity contribution >= 4 is 43.6 Å². The van der Waals surface area contributed by atoms with Crippen molar-refractivity contribution in [3.05, 3.63) is 36.5 Å². The van der Waals surface area contributed by atoms with E-state index in [2.05, 4.69) is 10.3 Å². The Bertz CT molecular complexity index is 1010. The van der Waals surface area contributed by atoms with Crippen LogP contribution in [0.15, 0.2) is 41.6 Å². The molecular formula is C18H23N3O8S3. The number of pyridine rings is 1. The van der Waals surface area contributed by atoms with Crippen molar-refractivity contribution < 1.29 is 37.9 Å². The highest BCUT2D eigenvalue weighted by molar-refractivity contribution is 8.76. The van der Waals surface area contributed by atoms with Crippen LogP contribution in [0.4, 0.5) is 0 Å². The highest BCUT2D eigenvalue weighted by Gasteiger charge is 2.54. The van der Waals surface area contributed by atoms with Gasteiger partial charge in [-0.25, -0.2) is 9.78 Å². The fourth-order valence-corrected chi connectivity index (χ4v) is 5.80. The number of rotatable bonds is 13. The number of unbranched alkanes of at least 4 members (excludes halogenated alkanes) is 1. The number of carboxylic acids is 1. The molecular weight excluding hydrogens is 482 g/mol. The third kappa shape index (κ3) is 6.31. The van der Waals surface area contributed by atoms with Crippen molar-refractivity contribution in [2.45, 2.75) is 35.6 Å². The van der Waals surface area contributed by atoms with Crippen molar-refractivity contribution in [2.24, 2.45) is 0 Å². The van der Waals surface area contributed by atoms with Gasteiger partial charge in [0.2, 0.25) is 5.91 Å². The number of carboxylic acid groups (broad SMARTS) is 1. The molecule has 0 aliphatic carbocycles. The maximum Gasteiger partial charge on any atom is 0.348 e. The molecule has 32 heavy (non-hydrogen) atoms. The van der Waals surface area contributed by atoms with Gasteiger partial charge in [-0.1, -0.05) is 16.9 Å². The zero-order valence-corrected chi connectivity index (χ0v) is 19.2. The van der Waals surface area contributed by atoms with Crippen LogP contribution in [0.1, 0.15) is 25.7 Å². The van der Waals surface area contributed by atoms with E-state index in [1.54, 1.807) is 6.20 Å². The van der Waals surface area contributed by atoms with Gasteiger partial charge in [0.1, 0.15) is 5.03 Å². The molecule has 0 aliphatic rings. The first-order valence-corrected chi connectivity index (χ1v) is 13.1. The van der Waals surface area contributed by atoms with Crippen molar-refractivity contribution in [1.29, 1.82) is 0 Å². The summed E-state index contributed by atoms with van der Waals surface area (Å²) in [5, 5.41) is 32.7. The minimum atomic E-state index is -5.29. The van der Waals surface area contributed by atoms with Crippen molar-refractivity contribution in [3.8, 4) is 11.8 Å². The molecule has 2 heterocycles. The fourth-order valence-electron chi connectivity index (χ4n) is 2.89.